The predicted molar refractivity (Wildman–Crippen MR) is 76.9 cm³/mol. The van der Waals surface area contributed by atoms with Crippen LogP contribution in [-0.4, -0.2) is 25.6 Å². The summed E-state index contributed by atoms with van der Waals surface area (Å²) in [5.74, 6) is 0.685. The first-order valence-corrected chi connectivity index (χ1v) is 6.99. The second-order valence-electron chi connectivity index (χ2n) is 5.00. The average molecular weight is 263 g/mol. The van der Waals surface area contributed by atoms with Crippen LogP contribution in [0.3, 0.4) is 0 Å². The van der Waals surface area contributed by atoms with Crippen LogP contribution < -0.4 is 10.6 Å². The van der Waals surface area contributed by atoms with E-state index in [1.54, 1.807) is 7.05 Å². The number of rotatable bonds is 4. The molecule has 104 valence electrons. The van der Waals surface area contributed by atoms with Crippen molar-refractivity contribution < 1.29 is 4.39 Å². The molecular formula is C15H22FN3. The van der Waals surface area contributed by atoms with E-state index in [1.165, 1.54) is 37.8 Å². The molecule has 1 aliphatic carbocycles. The molecule has 0 aromatic heterocycles. The number of guanidine groups is 1. The molecule has 0 amide bonds. The van der Waals surface area contributed by atoms with Crippen molar-refractivity contribution in [3.63, 3.8) is 0 Å². The van der Waals surface area contributed by atoms with Crippen LogP contribution in [0.15, 0.2) is 29.3 Å². The quantitative estimate of drug-likeness (QED) is 0.647. The number of benzene rings is 1. The summed E-state index contributed by atoms with van der Waals surface area (Å²) in [6.45, 7) is 0.804. The van der Waals surface area contributed by atoms with Gasteiger partial charge in [0, 0.05) is 19.6 Å². The van der Waals surface area contributed by atoms with E-state index in [2.05, 4.69) is 15.6 Å². The number of hydrogen-bond donors (Lipinski definition) is 2. The SMILES string of the molecule is CN=C(NCCc1ccc(F)cc1)NC1CCCC1. The minimum absolute atomic E-state index is 0.185. The molecule has 2 N–H and O–H groups in total. The topological polar surface area (TPSA) is 36.4 Å². The zero-order valence-corrected chi connectivity index (χ0v) is 11.5. The highest BCUT2D eigenvalue weighted by molar-refractivity contribution is 5.79. The number of hydrogen-bond acceptors (Lipinski definition) is 1. The van der Waals surface area contributed by atoms with E-state index in [4.69, 9.17) is 0 Å². The summed E-state index contributed by atoms with van der Waals surface area (Å²) in [6, 6.07) is 7.22. The highest BCUT2D eigenvalue weighted by atomic mass is 19.1. The highest BCUT2D eigenvalue weighted by Crippen LogP contribution is 2.17. The van der Waals surface area contributed by atoms with Gasteiger partial charge in [-0.15, -0.1) is 0 Å². The summed E-state index contributed by atoms with van der Waals surface area (Å²) in [7, 11) is 1.79. The molecule has 1 fully saturated rings. The summed E-state index contributed by atoms with van der Waals surface area (Å²) in [4.78, 5) is 4.23. The first-order chi connectivity index (χ1) is 9.28. The second-order valence-corrected chi connectivity index (χ2v) is 5.00. The molecule has 1 aromatic rings. The second kappa shape index (κ2) is 7.12. The monoisotopic (exact) mass is 263 g/mol. The van der Waals surface area contributed by atoms with E-state index in [-0.39, 0.29) is 5.82 Å². The lowest BCUT2D eigenvalue weighted by Crippen LogP contribution is -2.42. The lowest BCUT2D eigenvalue weighted by atomic mass is 10.1. The van der Waals surface area contributed by atoms with Gasteiger partial charge in [-0.2, -0.15) is 0 Å². The Labute approximate surface area is 114 Å². The lowest BCUT2D eigenvalue weighted by molar-refractivity contribution is 0.613. The van der Waals surface area contributed by atoms with Crippen LogP contribution in [0.4, 0.5) is 4.39 Å². The van der Waals surface area contributed by atoms with Gasteiger partial charge in [0.1, 0.15) is 5.82 Å². The Balaban J connectivity index is 1.72. The number of nitrogens with zero attached hydrogens (tertiary/aromatic N) is 1. The highest BCUT2D eigenvalue weighted by Gasteiger charge is 2.15. The number of halogens is 1. The van der Waals surface area contributed by atoms with Crippen LogP contribution in [-0.2, 0) is 6.42 Å². The Kier molecular flexibility index (Phi) is 5.19. The molecule has 3 nitrogen and oxygen atoms in total. The van der Waals surface area contributed by atoms with Crippen LogP contribution >= 0.6 is 0 Å². The van der Waals surface area contributed by atoms with Crippen LogP contribution in [0.5, 0.6) is 0 Å². The van der Waals surface area contributed by atoms with Gasteiger partial charge in [0.25, 0.3) is 0 Å². The molecule has 19 heavy (non-hydrogen) atoms. The number of nitrogens with one attached hydrogen (secondary N) is 2. The molecule has 1 saturated carbocycles. The molecular weight excluding hydrogens is 241 g/mol. The minimum atomic E-state index is -0.185. The van der Waals surface area contributed by atoms with Crippen LogP contribution in [0.1, 0.15) is 31.2 Å². The molecule has 0 bridgehead atoms. The molecule has 0 radical (unpaired) electrons. The first kappa shape index (κ1) is 13.8. The van der Waals surface area contributed by atoms with Gasteiger partial charge in [0.05, 0.1) is 0 Å². The van der Waals surface area contributed by atoms with Gasteiger partial charge < -0.3 is 10.6 Å². The lowest BCUT2D eigenvalue weighted by Gasteiger charge is -2.16. The van der Waals surface area contributed by atoms with Crippen LogP contribution in [0, 0.1) is 5.82 Å². The molecule has 0 heterocycles. The molecule has 0 spiro atoms. The van der Waals surface area contributed by atoms with Gasteiger partial charge in [-0.25, -0.2) is 4.39 Å². The van der Waals surface area contributed by atoms with E-state index in [0.29, 0.717) is 6.04 Å². The van der Waals surface area contributed by atoms with Crippen molar-refractivity contribution in [1.82, 2.24) is 10.6 Å². The fourth-order valence-corrected chi connectivity index (χ4v) is 2.43. The van der Waals surface area contributed by atoms with Crippen molar-refractivity contribution >= 4 is 5.96 Å². The van der Waals surface area contributed by atoms with Gasteiger partial charge in [-0.3, -0.25) is 4.99 Å². The van der Waals surface area contributed by atoms with E-state index < -0.39 is 0 Å². The van der Waals surface area contributed by atoms with Crippen molar-refractivity contribution in [3.8, 4) is 0 Å². The molecule has 0 atom stereocenters. The maximum atomic E-state index is 12.8. The Hall–Kier alpha value is -1.58. The Morgan fingerprint density at radius 2 is 1.95 bits per heavy atom. The molecule has 4 heteroatoms. The molecule has 0 unspecified atom stereocenters. The largest absolute Gasteiger partial charge is 0.356 e. The van der Waals surface area contributed by atoms with Gasteiger partial charge in [0.15, 0.2) is 5.96 Å². The van der Waals surface area contributed by atoms with Gasteiger partial charge in [0.2, 0.25) is 0 Å². The van der Waals surface area contributed by atoms with E-state index in [0.717, 1.165) is 24.5 Å². The molecule has 1 aromatic carbocycles. The standard InChI is InChI=1S/C15H22FN3/c1-17-15(19-14-4-2-3-5-14)18-11-10-12-6-8-13(16)9-7-12/h6-9,14H,2-5,10-11H2,1H3,(H2,17,18,19). The minimum Gasteiger partial charge on any atom is -0.356 e. The third-order valence-electron chi connectivity index (χ3n) is 3.54. The Bertz CT molecular complexity index is 408. The predicted octanol–water partition coefficient (Wildman–Crippen LogP) is 2.48. The van der Waals surface area contributed by atoms with Crippen molar-refractivity contribution in [2.45, 2.75) is 38.1 Å². The third kappa shape index (κ3) is 4.54. The van der Waals surface area contributed by atoms with Crippen molar-refractivity contribution in [2.75, 3.05) is 13.6 Å². The first-order valence-electron chi connectivity index (χ1n) is 6.99. The summed E-state index contributed by atoms with van der Waals surface area (Å²) >= 11 is 0. The van der Waals surface area contributed by atoms with Gasteiger partial charge in [-0.1, -0.05) is 25.0 Å². The zero-order chi connectivity index (χ0) is 13.5. The molecule has 1 aliphatic rings. The third-order valence-corrected chi connectivity index (χ3v) is 3.54. The van der Waals surface area contributed by atoms with Crippen LogP contribution in [0.25, 0.3) is 0 Å². The fourth-order valence-electron chi connectivity index (χ4n) is 2.43. The van der Waals surface area contributed by atoms with E-state index in [9.17, 15) is 4.39 Å². The molecule has 0 aliphatic heterocycles. The molecule has 2 rings (SSSR count). The molecule has 0 saturated heterocycles. The smallest absolute Gasteiger partial charge is 0.191 e. The maximum Gasteiger partial charge on any atom is 0.191 e. The van der Waals surface area contributed by atoms with E-state index in [1.807, 2.05) is 12.1 Å². The fraction of sp³-hybridized carbons (Fsp3) is 0.533. The van der Waals surface area contributed by atoms with Crippen molar-refractivity contribution in [2.24, 2.45) is 4.99 Å². The maximum absolute atomic E-state index is 12.8. The summed E-state index contributed by atoms with van der Waals surface area (Å²) in [5, 5.41) is 6.74. The van der Waals surface area contributed by atoms with Crippen molar-refractivity contribution in [3.05, 3.63) is 35.6 Å². The Morgan fingerprint density at radius 1 is 1.26 bits per heavy atom. The number of aliphatic imine (C=N–C) groups is 1. The Morgan fingerprint density at radius 3 is 2.58 bits per heavy atom. The van der Waals surface area contributed by atoms with Crippen molar-refractivity contribution in [1.29, 1.82) is 0 Å². The average Bonchev–Trinajstić information content (AvgIpc) is 2.93. The zero-order valence-electron chi connectivity index (χ0n) is 11.5. The van der Waals surface area contributed by atoms with Gasteiger partial charge in [-0.05, 0) is 37.0 Å². The normalized spacial score (nSPS) is 16.6. The summed E-state index contributed by atoms with van der Waals surface area (Å²) in [5.41, 5.74) is 1.13. The summed E-state index contributed by atoms with van der Waals surface area (Å²) in [6.07, 6.45) is 5.96. The van der Waals surface area contributed by atoms with Crippen LogP contribution in [0.2, 0.25) is 0 Å². The summed E-state index contributed by atoms with van der Waals surface area (Å²) < 4.78 is 12.8. The van der Waals surface area contributed by atoms with E-state index >= 15 is 0 Å². The van der Waals surface area contributed by atoms with Gasteiger partial charge >= 0.3 is 0 Å².